The van der Waals surface area contributed by atoms with Crippen molar-refractivity contribution in [2.24, 2.45) is 0 Å². The standard InChI is InChI=1S/C25H31N5O/c1-18(22-9-8-21-6-4-5-7-23(21)14-22)28-25(31)15-29(3)19(2)20-10-12-24(13-11-20)30-17-26-16-27-30/h8-14,16-19H,4-7,15H2,1-3H3,(H,28,31)/t18-,19+/m0/s1. The summed E-state index contributed by atoms with van der Waals surface area (Å²) in [5.41, 5.74) is 6.23. The van der Waals surface area contributed by atoms with Crippen molar-refractivity contribution >= 4 is 5.91 Å². The molecule has 0 bridgehead atoms. The molecule has 2 atom stereocenters. The van der Waals surface area contributed by atoms with E-state index in [0.29, 0.717) is 6.54 Å². The molecule has 1 aliphatic carbocycles. The maximum atomic E-state index is 12.7. The number of likely N-dealkylation sites (N-methyl/N-ethyl adjacent to an activating group) is 1. The second-order valence-corrected chi connectivity index (χ2v) is 8.55. The van der Waals surface area contributed by atoms with E-state index in [2.05, 4.69) is 64.5 Å². The highest BCUT2D eigenvalue weighted by molar-refractivity contribution is 5.78. The Balaban J connectivity index is 1.33. The number of hydrogen-bond donors (Lipinski definition) is 1. The Labute approximate surface area is 184 Å². The minimum Gasteiger partial charge on any atom is -0.348 e. The number of hydrogen-bond acceptors (Lipinski definition) is 4. The molecule has 1 aromatic heterocycles. The molecule has 0 saturated heterocycles. The Morgan fingerprint density at radius 2 is 1.77 bits per heavy atom. The first kappa shape index (κ1) is 21.2. The van der Waals surface area contributed by atoms with Crippen LogP contribution in [0.5, 0.6) is 0 Å². The van der Waals surface area contributed by atoms with E-state index < -0.39 is 0 Å². The van der Waals surface area contributed by atoms with Crippen molar-refractivity contribution in [2.75, 3.05) is 13.6 Å². The fourth-order valence-electron chi connectivity index (χ4n) is 4.26. The second-order valence-electron chi connectivity index (χ2n) is 8.55. The van der Waals surface area contributed by atoms with Crippen LogP contribution < -0.4 is 5.32 Å². The van der Waals surface area contributed by atoms with Crippen LogP contribution in [0.25, 0.3) is 5.69 Å². The Morgan fingerprint density at radius 1 is 1.06 bits per heavy atom. The fourth-order valence-corrected chi connectivity index (χ4v) is 4.26. The first-order valence-electron chi connectivity index (χ1n) is 11.1. The molecule has 0 radical (unpaired) electrons. The van der Waals surface area contributed by atoms with Gasteiger partial charge < -0.3 is 5.32 Å². The molecule has 1 amide bonds. The molecule has 0 fully saturated rings. The van der Waals surface area contributed by atoms with Gasteiger partial charge in [0.25, 0.3) is 0 Å². The van der Waals surface area contributed by atoms with Gasteiger partial charge in [0.15, 0.2) is 0 Å². The van der Waals surface area contributed by atoms with Gasteiger partial charge in [0.2, 0.25) is 5.91 Å². The molecule has 0 unspecified atom stereocenters. The lowest BCUT2D eigenvalue weighted by Crippen LogP contribution is -2.37. The lowest BCUT2D eigenvalue weighted by molar-refractivity contribution is -0.123. The minimum atomic E-state index is 0.00500. The molecule has 1 heterocycles. The number of amides is 1. The smallest absolute Gasteiger partial charge is 0.234 e. The summed E-state index contributed by atoms with van der Waals surface area (Å²) in [7, 11) is 1.99. The zero-order chi connectivity index (χ0) is 21.8. The molecule has 31 heavy (non-hydrogen) atoms. The molecule has 6 heteroatoms. The summed E-state index contributed by atoms with van der Waals surface area (Å²) in [4.78, 5) is 18.8. The molecule has 162 valence electrons. The molecule has 0 saturated carbocycles. The maximum Gasteiger partial charge on any atom is 0.234 e. The van der Waals surface area contributed by atoms with E-state index in [1.165, 1.54) is 42.3 Å². The Morgan fingerprint density at radius 3 is 2.48 bits per heavy atom. The molecule has 2 aromatic carbocycles. The molecule has 3 aromatic rings. The van der Waals surface area contributed by atoms with Gasteiger partial charge in [-0.2, -0.15) is 5.10 Å². The van der Waals surface area contributed by atoms with Crippen LogP contribution >= 0.6 is 0 Å². The van der Waals surface area contributed by atoms with E-state index in [1.54, 1.807) is 11.0 Å². The van der Waals surface area contributed by atoms with Gasteiger partial charge >= 0.3 is 0 Å². The Hall–Kier alpha value is -2.99. The van der Waals surface area contributed by atoms with Crippen molar-refractivity contribution in [3.8, 4) is 5.69 Å². The summed E-state index contributed by atoms with van der Waals surface area (Å²) in [6.07, 6.45) is 8.08. The molecular formula is C25H31N5O. The predicted octanol–water partition coefficient (Wildman–Crippen LogP) is 4.02. The summed E-state index contributed by atoms with van der Waals surface area (Å²) < 4.78 is 1.73. The van der Waals surface area contributed by atoms with Crippen LogP contribution in [0.1, 0.15) is 61.0 Å². The van der Waals surface area contributed by atoms with Gasteiger partial charge in [0.1, 0.15) is 12.7 Å². The van der Waals surface area contributed by atoms with Gasteiger partial charge in [-0.25, -0.2) is 9.67 Å². The number of fused-ring (bicyclic) bond motifs is 1. The fraction of sp³-hybridized carbons (Fsp3) is 0.400. The molecule has 6 nitrogen and oxygen atoms in total. The van der Waals surface area contributed by atoms with Crippen LogP contribution in [0, 0.1) is 0 Å². The highest BCUT2D eigenvalue weighted by atomic mass is 16.2. The molecule has 1 aliphatic rings. The third-order valence-corrected chi connectivity index (χ3v) is 6.36. The number of carbonyl (C=O) groups is 1. The first-order valence-corrected chi connectivity index (χ1v) is 11.1. The highest BCUT2D eigenvalue weighted by Gasteiger charge is 2.18. The zero-order valence-electron chi connectivity index (χ0n) is 18.6. The monoisotopic (exact) mass is 417 g/mol. The van der Waals surface area contributed by atoms with Crippen molar-refractivity contribution in [3.63, 3.8) is 0 Å². The van der Waals surface area contributed by atoms with Gasteiger partial charge in [-0.3, -0.25) is 9.69 Å². The molecule has 4 rings (SSSR count). The summed E-state index contributed by atoms with van der Waals surface area (Å²) in [5, 5.41) is 7.32. The first-order chi connectivity index (χ1) is 15.0. The summed E-state index contributed by atoms with van der Waals surface area (Å²) in [5.74, 6) is 0.0406. The molecule has 0 spiro atoms. The van der Waals surface area contributed by atoms with E-state index in [9.17, 15) is 4.79 Å². The topological polar surface area (TPSA) is 63.1 Å². The van der Waals surface area contributed by atoms with Gasteiger partial charge in [-0.1, -0.05) is 30.3 Å². The number of carbonyl (C=O) groups excluding carboxylic acids is 1. The number of aromatic nitrogens is 3. The predicted molar refractivity (Wildman–Crippen MR) is 122 cm³/mol. The van der Waals surface area contributed by atoms with Crippen LogP contribution in [0.3, 0.4) is 0 Å². The minimum absolute atomic E-state index is 0.00500. The average molecular weight is 418 g/mol. The van der Waals surface area contributed by atoms with Crippen LogP contribution in [0.4, 0.5) is 0 Å². The average Bonchev–Trinajstić information content (AvgIpc) is 3.33. The lowest BCUT2D eigenvalue weighted by Gasteiger charge is -2.26. The normalized spacial score (nSPS) is 15.4. The molecular weight excluding hydrogens is 386 g/mol. The third-order valence-electron chi connectivity index (χ3n) is 6.36. The summed E-state index contributed by atoms with van der Waals surface area (Å²) >= 11 is 0. The number of aryl methyl sites for hydroxylation is 2. The largest absolute Gasteiger partial charge is 0.348 e. The molecule has 1 N–H and O–H groups in total. The number of nitrogens with zero attached hydrogens (tertiary/aromatic N) is 4. The van der Waals surface area contributed by atoms with Crippen LogP contribution in [0.15, 0.2) is 55.1 Å². The van der Waals surface area contributed by atoms with Gasteiger partial charge in [-0.05, 0) is 81.0 Å². The Kier molecular flexibility index (Phi) is 6.47. The van der Waals surface area contributed by atoms with Crippen LogP contribution in [0.2, 0.25) is 0 Å². The van der Waals surface area contributed by atoms with Crippen molar-refractivity contribution < 1.29 is 4.79 Å². The van der Waals surface area contributed by atoms with Crippen molar-refractivity contribution in [3.05, 3.63) is 77.4 Å². The van der Waals surface area contributed by atoms with E-state index in [1.807, 2.05) is 19.2 Å². The lowest BCUT2D eigenvalue weighted by atomic mass is 9.89. The van der Waals surface area contributed by atoms with Crippen molar-refractivity contribution in [1.82, 2.24) is 25.0 Å². The summed E-state index contributed by atoms with van der Waals surface area (Å²) in [6, 6.07) is 15.0. The van der Waals surface area contributed by atoms with E-state index in [-0.39, 0.29) is 18.0 Å². The zero-order valence-corrected chi connectivity index (χ0v) is 18.6. The van der Waals surface area contributed by atoms with Gasteiger partial charge in [0.05, 0.1) is 18.3 Å². The van der Waals surface area contributed by atoms with Gasteiger partial charge in [0, 0.05) is 6.04 Å². The number of benzene rings is 2. The quantitative estimate of drug-likeness (QED) is 0.631. The summed E-state index contributed by atoms with van der Waals surface area (Å²) in [6.45, 7) is 4.53. The van der Waals surface area contributed by atoms with Crippen LogP contribution in [-0.4, -0.2) is 39.2 Å². The van der Waals surface area contributed by atoms with Gasteiger partial charge in [-0.15, -0.1) is 0 Å². The Bertz CT molecular complexity index is 1010. The molecule has 0 aliphatic heterocycles. The van der Waals surface area contributed by atoms with Crippen molar-refractivity contribution in [1.29, 1.82) is 0 Å². The van der Waals surface area contributed by atoms with E-state index in [0.717, 1.165) is 17.7 Å². The van der Waals surface area contributed by atoms with E-state index >= 15 is 0 Å². The SMILES string of the molecule is C[C@H](NC(=O)CN(C)[C@H](C)c1ccc(-n2cncn2)cc1)c1ccc2c(c1)CCCC2. The number of nitrogens with one attached hydrogen (secondary N) is 1. The maximum absolute atomic E-state index is 12.7. The van der Waals surface area contributed by atoms with Crippen LogP contribution in [-0.2, 0) is 17.6 Å². The third kappa shape index (κ3) is 5.02. The van der Waals surface area contributed by atoms with E-state index in [4.69, 9.17) is 0 Å². The second kappa shape index (κ2) is 9.43. The highest BCUT2D eigenvalue weighted by Crippen LogP contribution is 2.25. The van der Waals surface area contributed by atoms with Crippen molar-refractivity contribution in [2.45, 2.75) is 51.6 Å². The number of rotatable bonds is 7.